The van der Waals surface area contributed by atoms with E-state index in [1.165, 1.54) is 25.3 Å². The first-order valence-corrected chi connectivity index (χ1v) is 9.62. The van der Waals surface area contributed by atoms with Gasteiger partial charge in [-0.05, 0) is 37.5 Å². The largest absolute Gasteiger partial charge is 0.493 e. The van der Waals surface area contributed by atoms with Gasteiger partial charge < -0.3 is 9.47 Å². The summed E-state index contributed by atoms with van der Waals surface area (Å²) in [4.78, 5) is 10.7. The molecule has 0 saturated carbocycles. The van der Waals surface area contributed by atoms with E-state index < -0.39 is 4.92 Å². The van der Waals surface area contributed by atoms with Gasteiger partial charge in [-0.25, -0.2) is 0 Å². The van der Waals surface area contributed by atoms with Crippen LogP contribution >= 0.6 is 0 Å². The van der Waals surface area contributed by atoms with Crippen molar-refractivity contribution < 1.29 is 14.4 Å². The Morgan fingerprint density at radius 2 is 1.67 bits per heavy atom. The highest BCUT2D eigenvalue weighted by molar-refractivity contribution is 5.45. The molecule has 0 aliphatic heterocycles. The number of benzene rings is 2. The van der Waals surface area contributed by atoms with Gasteiger partial charge >= 0.3 is 0 Å². The summed E-state index contributed by atoms with van der Waals surface area (Å²) in [5.41, 5.74) is 2.82. The van der Waals surface area contributed by atoms with Gasteiger partial charge in [0.2, 0.25) is 0 Å². The minimum Gasteiger partial charge on any atom is -0.493 e. The number of para-hydroxylation sites is 1. The Bertz CT molecular complexity index is 738. The number of ether oxygens (including phenoxy) is 2. The Labute approximate surface area is 161 Å². The molecule has 0 fully saturated rings. The maximum Gasteiger partial charge on any atom is 0.270 e. The molecule has 0 spiro atoms. The van der Waals surface area contributed by atoms with Gasteiger partial charge in [0.25, 0.3) is 5.69 Å². The zero-order valence-corrected chi connectivity index (χ0v) is 16.5. The van der Waals surface area contributed by atoms with E-state index >= 15 is 0 Å². The van der Waals surface area contributed by atoms with Crippen LogP contribution in [-0.2, 0) is 6.61 Å². The van der Waals surface area contributed by atoms with E-state index in [4.69, 9.17) is 9.47 Å². The van der Waals surface area contributed by atoms with Crippen molar-refractivity contribution in [3.8, 4) is 11.5 Å². The molecule has 0 radical (unpaired) electrons. The second-order valence-corrected chi connectivity index (χ2v) is 6.82. The molecule has 0 bridgehead atoms. The quantitative estimate of drug-likeness (QED) is 0.270. The molecule has 27 heavy (non-hydrogen) atoms. The molecule has 0 atom stereocenters. The van der Waals surface area contributed by atoms with Crippen LogP contribution in [0.5, 0.6) is 11.5 Å². The molecule has 0 unspecified atom stereocenters. The number of nitro benzene ring substituents is 1. The zero-order valence-electron chi connectivity index (χ0n) is 16.5. The molecule has 0 aromatic heterocycles. The molecule has 2 aromatic rings. The van der Waals surface area contributed by atoms with Crippen molar-refractivity contribution in [2.24, 2.45) is 0 Å². The maximum atomic E-state index is 11.1. The van der Waals surface area contributed by atoms with E-state index in [-0.39, 0.29) is 12.3 Å². The third kappa shape index (κ3) is 6.27. The van der Waals surface area contributed by atoms with Crippen molar-refractivity contribution in [1.82, 2.24) is 0 Å². The Kier molecular flexibility index (Phi) is 8.11. The first-order valence-electron chi connectivity index (χ1n) is 9.62. The van der Waals surface area contributed by atoms with Crippen LogP contribution in [0.3, 0.4) is 0 Å². The number of aryl methyl sites for hydroxylation is 2. The van der Waals surface area contributed by atoms with Gasteiger partial charge in [-0.3, -0.25) is 10.1 Å². The number of hydrogen-bond acceptors (Lipinski definition) is 4. The van der Waals surface area contributed by atoms with Crippen LogP contribution in [0.2, 0.25) is 0 Å². The second kappa shape index (κ2) is 10.6. The summed E-state index contributed by atoms with van der Waals surface area (Å²) in [7, 11) is 0. The van der Waals surface area contributed by atoms with Crippen molar-refractivity contribution in [2.45, 2.75) is 59.5 Å². The van der Waals surface area contributed by atoms with Crippen molar-refractivity contribution in [1.29, 1.82) is 0 Å². The molecule has 2 rings (SSSR count). The van der Waals surface area contributed by atoms with Gasteiger partial charge in [0.1, 0.15) is 18.1 Å². The molecule has 0 N–H and O–H groups in total. The molecule has 0 heterocycles. The highest BCUT2D eigenvalue weighted by atomic mass is 16.6. The van der Waals surface area contributed by atoms with E-state index in [1.807, 2.05) is 32.0 Å². The molecular weight excluding hydrogens is 342 g/mol. The Morgan fingerprint density at radius 3 is 2.33 bits per heavy atom. The molecule has 0 amide bonds. The number of rotatable bonds is 11. The van der Waals surface area contributed by atoms with Crippen LogP contribution in [0.15, 0.2) is 36.4 Å². The van der Waals surface area contributed by atoms with Gasteiger partial charge in [0.15, 0.2) is 0 Å². The Balaban J connectivity index is 2.07. The summed E-state index contributed by atoms with van der Waals surface area (Å²) in [6.45, 7) is 7.01. The third-order valence-corrected chi connectivity index (χ3v) is 4.54. The van der Waals surface area contributed by atoms with Gasteiger partial charge in [-0.2, -0.15) is 0 Å². The number of unbranched alkanes of at least 4 members (excludes halogenated alkanes) is 4. The standard InChI is InChI=1S/C22H29NO4/c1-4-5-6-7-8-14-26-21-13-12-20(23(24)25)15-19(21)16-27-22-17(2)10-9-11-18(22)3/h9-13,15H,4-8,14,16H2,1-3H3. The average Bonchev–Trinajstić information content (AvgIpc) is 2.64. The lowest BCUT2D eigenvalue weighted by Crippen LogP contribution is -2.05. The van der Waals surface area contributed by atoms with E-state index in [0.29, 0.717) is 17.9 Å². The number of nitrogens with zero attached hydrogens (tertiary/aromatic N) is 1. The molecule has 5 heteroatoms. The van der Waals surface area contributed by atoms with E-state index in [0.717, 1.165) is 29.7 Å². The van der Waals surface area contributed by atoms with Crippen LogP contribution in [0.4, 0.5) is 5.69 Å². The van der Waals surface area contributed by atoms with Crippen molar-refractivity contribution in [3.05, 3.63) is 63.2 Å². The Hall–Kier alpha value is -2.56. The molecule has 0 saturated heterocycles. The van der Waals surface area contributed by atoms with Gasteiger partial charge in [-0.1, -0.05) is 50.8 Å². The molecule has 0 aliphatic carbocycles. The molecular formula is C22H29NO4. The van der Waals surface area contributed by atoms with Crippen LogP contribution in [0.25, 0.3) is 0 Å². The summed E-state index contributed by atoms with van der Waals surface area (Å²) >= 11 is 0. The van der Waals surface area contributed by atoms with Gasteiger partial charge in [0, 0.05) is 17.7 Å². The van der Waals surface area contributed by atoms with Crippen molar-refractivity contribution in [3.63, 3.8) is 0 Å². The number of nitro groups is 1. The summed E-state index contributed by atoms with van der Waals surface area (Å²) in [6.07, 6.45) is 5.78. The lowest BCUT2D eigenvalue weighted by Gasteiger charge is -2.15. The minimum absolute atomic E-state index is 0.0467. The fraction of sp³-hybridized carbons (Fsp3) is 0.455. The van der Waals surface area contributed by atoms with Gasteiger partial charge in [-0.15, -0.1) is 0 Å². The average molecular weight is 371 g/mol. The van der Waals surface area contributed by atoms with E-state index in [9.17, 15) is 10.1 Å². The normalized spacial score (nSPS) is 10.6. The van der Waals surface area contributed by atoms with Crippen LogP contribution < -0.4 is 9.47 Å². The summed E-state index contributed by atoms with van der Waals surface area (Å²) in [6, 6.07) is 10.7. The lowest BCUT2D eigenvalue weighted by atomic mass is 10.1. The fourth-order valence-electron chi connectivity index (χ4n) is 3.00. The SMILES string of the molecule is CCCCCCCOc1ccc([N+](=O)[O-])cc1COc1c(C)cccc1C. The topological polar surface area (TPSA) is 61.6 Å². The maximum absolute atomic E-state index is 11.1. The van der Waals surface area contributed by atoms with Crippen LogP contribution in [0.1, 0.15) is 55.7 Å². The summed E-state index contributed by atoms with van der Waals surface area (Å²) < 4.78 is 11.9. The second-order valence-electron chi connectivity index (χ2n) is 6.82. The highest BCUT2D eigenvalue weighted by Gasteiger charge is 2.13. The highest BCUT2D eigenvalue weighted by Crippen LogP contribution is 2.28. The predicted octanol–water partition coefficient (Wildman–Crippen LogP) is 6.14. The third-order valence-electron chi connectivity index (χ3n) is 4.54. The number of hydrogen-bond donors (Lipinski definition) is 0. The smallest absolute Gasteiger partial charge is 0.270 e. The summed E-state index contributed by atoms with van der Waals surface area (Å²) in [5.74, 6) is 1.47. The summed E-state index contributed by atoms with van der Waals surface area (Å²) in [5, 5.41) is 11.1. The first-order chi connectivity index (χ1) is 13.0. The Morgan fingerprint density at radius 1 is 0.963 bits per heavy atom. The monoisotopic (exact) mass is 371 g/mol. The molecule has 146 valence electrons. The van der Waals surface area contributed by atoms with Crippen molar-refractivity contribution in [2.75, 3.05) is 6.61 Å². The first kappa shape index (κ1) is 20.7. The minimum atomic E-state index is -0.392. The fourth-order valence-corrected chi connectivity index (χ4v) is 3.00. The molecule has 5 nitrogen and oxygen atoms in total. The number of non-ortho nitro benzene ring substituents is 1. The molecule has 2 aromatic carbocycles. The van der Waals surface area contributed by atoms with E-state index in [1.54, 1.807) is 12.1 Å². The predicted molar refractivity (Wildman–Crippen MR) is 108 cm³/mol. The lowest BCUT2D eigenvalue weighted by molar-refractivity contribution is -0.385. The zero-order chi connectivity index (χ0) is 19.6. The van der Waals surface area contributed by atoms with E-state index in [2.05, 4.69) is 6.92 Å². The van der Waals surface area contributed by atoms with Crippen molar-refractivity contribution >= 4 is 5.69 Å². The van der Waals surface area contributed by atoms with Gasteiger partial charge in [0.05, 0.1) is 11.5 Å². The molecule has 0 aliphatic rings. The van der Waals surface area contributed by atoms with Crippen LogP contribution in [0, 0.1) is 24.0 Å². The van der Waals surface area contributed by atoms with Crippen LogP contribution in [-0.4, -0.2) is 11.5 Å².